The van der Waals surface area contributed by atoms with Gasteiger partial charge in [0.2, 0.25) is 5.88 Å². The summed E-state index contributed by atoms with van der Waals surface area (Å²) in [5.41, 5.74) is 1.41. The van der Waals surface area contributed by atoms with E-state index in [-0.39, 0.29) is 10.1 Å². The fourth-order valence-corrected chi connectivity index (χ4v) is 3.71. The Kier molecular flexibility index (Phi) is 3.52. The molecule has 3 rings (SSSR count). The highest BCUT2D eigenvalue weighted by Gasteiger charge is 2.21. The largest absolute Gasteiger partial charge is 0.357 e. The Balaban J connectivity index is 2.01. The Morgan fingerprint density at radius 3 is 2.57 bits per heavy atom. The van der Waals surface area contributed by atoms with Crippen LogP contribution in [0.1, 0.15) is 5.69 Å². The summed E-state index contributed by atoms with van der Waals surface area (Å²) in [4.78, 5) is 0. The van der Waals surface area contributed by atoms with Crippen molar-refractivity contribution in [3.05, 3.63) is 59.6 Å². The molecule has 7 heteroatoms. The van der Waals surface area contributed by atoms with Crippen LogP contribution < -0.4 is 4.18 Å². The van der Waals surface area contributed by atoms with Crippen LogP contribution in [0.5, 0.6) is 5.88 Å². The van der Waals surface area contributed by atoms with Crippen LogP contribution in [0.25, 0.3) is 5.69 Å². The molecule has 0 N–H and O–H groups in total. The first-order valence-corrected chi connectivity index (χ1v) is 8.45. The van der Waals surface area contributed by atoms with E-state index in [1.807, 2.05) is 30.3 Å². The molecule has 0 atom stereocenters. The number of rotatable bonds is 4. The summed E-state index contributed by atoms with van der Waals surface area (Å²) in [5.74, 6) is 0.173. The van der Waals surface area contributed by atoms with Crippen LogP contribution in [-0.2, 0) is 10.1 Å². The van der Waals surface area contributed by atoms with Gasteiger partial charge in [-0.15, -0.1) is 11.3 Å². The molecule has 2 heterocycles. The number of para-hydroxylation sites is 1. The lowest BCUT2D eigenvalue weighted by atomic mass is 10.3. The van der Waals surface area contributed by atoms with E-state index < -0.39 is 10.1 Å². The number of aryl methyl sites for hydroxylation is 1. The van der Waals surface area contributed by atoms with Crippen molar-refractivity contribution in [1.29, 1.82) is 0 Å². The van der Waals surface area contributed by atoms with Gasteiger partial charge in [-0.3, -0.25) is 0 Å². The predicted molar refractivity (Wildman–Crippen MR) is 80.4 cm³/mol. The zero-order chi connectivity index (χ0) is 14.9. The van der Waals surface area contributed by atoms with Gasteiger partial charge in [0.25, 0.3) is 0 Å². The Bertz CT molecular complexity index is 838. The average Bonchev–Trinajstić information content (AvgIpc) is 3.09. The first-order chi connectivity index (χ1) is 10.1. The van der Waals surface area contributed by atoms with Crippen molar-refractivity contribution < 1.29 is 12.6 Å². The molecule has 0 aliphatic heterocycles. The first-order valence-electron chi connectivity index (χ1n) is 6.16. The Morgan fingerprint density at radius 2 is 1.90 bits per heavy atom. The lowest BCUT2D eigenvalue weighted by molar-refractivity contribution is 0.467. The monoisotopic (exact) mass is 320 g/mol. The second-order valence-electron chi connectivity index (χ2n) is 4.34. The van der Waals surface area contributed by atoms with E-state index in [1.165, 1.54) is 10.7 Å². The lowest BCUT2D eigenvalue weighted by Crippen LogP contribution is -2.11. The SMILES string of the molecule is Cc1cc(OS(=O)(=O)c2cccs2)n(-c2ccccc2)n1. The van der Waals surface area contributed by atoms with Gasteiger partial charge in [0, 0.05) is 6.07 Å². The van der Waals surface area contributed by atoms with Gasteiger partial charge in [-0.05, 0) is 30.5 Å². The number of hydrogen-bond acceptors (Lipinski definition) is 5. The molecule has 0 fully saturated rings. The van der Waals surface area contributed by atoms with Crippen molar-refractivity contribution >= 4 is 21.5 Å². The van der Waals surface area contributed by atoms with Crippen LogP contribution >= 0.6 is 11.3 Å². The maximum absolute atomic E-state index is 12.2. The maximum Gasteiger partial charge on any atom is 0.350 e. The molecule has 21 heavy (non-hydrogen) atoms. The predicted octanol–water partition coefficient (Wildman–Crippen LogP) is 3.01. The average molecular weight is 320 g/mol. The highest BCUT2D eigenvalue weighted by Crippen LogP contribution is 2.25. The normalized spacial score (nSPS) is 11.5. The second-order valence-corrected chi connectivity index (χ2v) is 7.06. The fraction of sp³-hybridized carbons (Fsp3) is 0.0714. The zero-order valence-corrected chi connectivity index (χ0v) is 12.8. The van der Waals surface area contributed by atoms with Gasteiger partial charge in [0.1, 0.15) is 0 Å². The minimum Gasteiger partial charge on any atom is -0.357 e. The molecular weight excluding hydrogens is 308 g/mol. The second kappa shape index (κ2) is 5.34. The van der Waals surface area contributed by atoms with Crippen LogP contribution in [0.2, 0.25) is 0 Å². The Morgan fingerprint density at radius 1 is 1.14 bits per heavy atom. The number of hydrogen-bond donors (Lipinski definition) is 0. The molecule has 0 amide bonds. The summed E-state index contributed by atoms with van der Waals surface area (Å²) in [5, 5.41) is 5.97. The van der Waals surface area contributed by atoms with Crippen molar-refractivity contribution in [3.63, 3.8) is 0 Å². The standard InChI is InChI=1S/C14H12N2O3S2/c1-11-10-13(16(15-11)12-6-3-2-4-7-12)19-21(17,18)14-8-5-9-20-14/h2-10H,1H3. The Labute approximate surface area is 126 Å². The van der Waals surface area contributed by atoms with E-state index in [9.17, 15) is 8.42 Å². The van der Waals surface area contributed by atoms with E-state index in [2.05, 4.69) is 5.10 Å². The van der Waals surface area contributed by atoms with Crippen molar-refractivity contribution in [2.24, 2.45) is 0 Å². The van der Waals surface area contributed by atoms with E-state index in [1.54, 1.807) is 24.4 Å². The highest BCUT2D eigenvalue weighted by molar-refractivity contribution is 7.89. The molecule has 0 bridgehead atoms. The van der Waals surface area contributed by atoms with Crippen LogP contribution in [0, 0.1) is 6.92 Å². The zero-order valence-electron chi connectivity index (χ0n) is 11.1. The van der Waals surface area contributed by atoms with Crippen LogP contribution in [-0.4, -0.2) is 18.2 Å². The molecule has 5 nitrogen and oxygen atoms in total. The molecule has 2 aromatic heterocycles. The Hall–Kier alpha value is -2.12. The first kappa shape index (κ1) is 13.8. The summed E-state index contributed by atoms with van der Waals surface area (Å²) in [6.07, 6.45) is 0. The molecule has 0 radical (unpaired) electrons. The minimum absolute atomic E-state index is 0.168. The van der Waals surface area contributed by atoms with E-state index >= 15 is 0 Å². The minimum atomic E-state index is -3.83. The molecule has 0 aliphatic carbocycles. The maximum atomic E-state index is 12.2. The molecular formula is C14H12N2O3S2. The summed E-state index contributed by atoms with van der Waals surface area (Å²) in [7, 11) is -3.83. The molecule has 0 saturated carbocycles. The quantitative estimate of drug-likeness (QED) is 0.693. The fourth-order valence-electron chi connectivity index (χ4n) is 1.85. The number of benzene rings is 1. The van der Waals surface area contributed by atoms with E-state index in [0.717, 1.165) is 17.0 Å². The molecule has 1 aromatic carbocycles. The molecule has 0 aliphatic rings. The van der Waals surface area contributed by atoms with E-state index in [0.29, 0.717) is 5.69 Å². The van der Waals surface area contributed by atoms with Crippen molar-refractivity contribution in [1.82, 2.24) is 9.78 Å². The van der Waals surface area contributed by atoms with Gasteiger partial charge in [-0.25, -0.2) is 0 Å². The summed E-state index contributed by atoms with van der Waals surface area (Å²) in [6.45, 7) is 1.78. The van der Waals surface area contributed by atoms with E-state index in [4.69, 9.17) is 4.18 Å². The van der Waals surface area contributed by atoms with Gasteiger partial charge in [-0.1, -0.05) is 24.3 Å². The summed E-state index contributed by atoms with van der Waals surface area (Å²) >= 11 is 1.11. The van der Waals surface area contributed by atoms with Gasteiger partial charge < -0.3 is 4.18 Å². The topological polar surface area (TPSA) is 61.2 Å². The lowest BCUT2D eigenvalue weighted by Gasteiger charge is -2.08. The molecule has 0 saturated heterocycles. The van der Waals surface area contributed by atoms with Crippen LogP contribution in [0.4, 0.5) is 0 Å². The third-order valence-electron chi connectivity index (χ3n) is 2.74. The number of aromatic nitrogens is 2. The number of nitrogens with zero attached hydrogens (tertiary/aromatic N) is 2. The van der Waals surface area contributed by atoms with Crippen molar-refractivity contribution in [2.45, 2.75) is 11.1 Å². The number of thiophene rings is 1. The van der Waals surface area contributed by atoms with Gasteiger partial charge in [0.05, 0.1) is 11.4 Å². The molecule has 3 aromatic rings. The molecule has 0 spiro atoms. The summed E-state index contributed by atoms with van der Waals surface area (Å²) < 4.78 is 31.3. The van der Waals surface area contributed by atoms with Crippen molar-refractivity contribution in [2.75, 3.05) is 0 Å². The van der Waals surface area contributed by atoms with Crippen molar-refractivity contribution in [3.8, 4) is 11.6 Å². The third-order valence-corrected chi connectivity index (χ3v) is 5.32. The van der Waals surface area contributed by atoms with Crippen LogP contribution in [0.15, 0.2) is 58.1 Å². The van der Waals surface area contributed by atoms with Gasteiger partial charge >= 0.3 is 10.1 Å². The molecule has 0 unspecified atom stereocenters. The highest BCUT2D eigenvalue weighted by atomic mass is 32.3. The van der Waals surface area contributed by atoms with Gasteiger partial charge in [0.15, 0.2) is 4.21 Å². The summed E-state index contributed by atoms with van der Waals surface area (Å²) in [6, 6.07) is 14.0. The smallest absolute Gasteiger partial charge is 0.350 e. The van der Waals surface area contributed by atoms with Gasteiger partial charge in [-0.2, -0.15) is 18.2 Å². The molecule has 108 valence electrons. The van der Waals surface area contributed by atoms with Crippen LogP contribution in [0.3, 0.4) is 0 Å². The third kappa shape index (κ3) is 2.84.